The van der Waals surface area contributed by atoms with Gasteiger partial charge in [-0.25, -0.2) is 9.78 Å². The van der Waals surface area contributed by atoms with Gasteiger partial charge in [0.25, 0.3) is 5.91 Å². The molecule has 0 spiro atoms. The number of hydrogen-bond donors (Lipinski definition) is 4. The molecule has 2 rings (SSSR count). The van der Waals surface area contributed by atoms with Gasteiger partial charge in [-0.15, -0.1) is 0 Å². The van der Waals surface area contributed by atoms with E-state index in [0.717, 1.165) is 19.2 Å². The minimum atomic E-state index is -1.24. The lowest BCUT2D eigenvalue weighted by atomic mass is 10.2. The van der Waals surface area contributed by atoms with E-state index in [1.807, 2.05) is 0 Å². The number of carbonyl (C=O) groups excluding carboxylic acids is 2. The molecular formula is C12H16N4O4. The smallest absolute Gasteiger partial charge is 0.354 e. The Morgan fingerprint density at radius 2 is 2.15 bits per heavy atom. The summed E-state index contributed by atoms with van der Waals surface area (Å²) in [7, 11) is 0. The Morgan fingerprint density at radius 1 is 1.40 bits per heavy atom. The van der Waals surface area contributed by atoms with E-state index in [9.17, 15) is 14.4 Å². The van der Waals surface area contributed by atoms with Gasteiger partial charge in [0.1, 0.15) is 0 Å². The highest BCUT2D eigenvalue weighted by Gasteiger charge is 2.23. The van der Waals surface area contributed by atoms with Crippen molar-refractivity contribution in [1.82, 2.24) is 20.6 Å². The van der Waals surface area contributed by atoms with Gasteiger partial charge >= 0.3 is 5.97 Å². The quantitative estimate of drug-likeness (QED) is 0.519. The van der Waals surface area contributed by atoms with Gasteiger partial charge in [0.05, 0.1) is 6.33 Å². The van der Waals surface area contributed by atoms with Gasteiger partial charge in [-0.2, -0.15) is 0 Å². The number of aromatic carboxylic acids is 1. The summed E-state index contributed by atoms with van der Waals surface area (Å²) in [5.74, 6) is -1.82. The third-order valence-corrected chi connectivity index (χ3v) is 2.88. The molecule has 1 saturated carbocycles. The van der Waals surface area contributed by atoms with Crippen LogP contribution in [-0.4, -0.2) is 45.4 Å². The first-order valence-corrected chi connectivity index (χ1v) is 6.42. The fraction of sp³-hybridized carbons (Fsp3) is 0.500. The lowest BCUT2D eigenvalue weighted by molar-refractivity contribution is -0.121. The number of nitrogens with one attached hydrogen (secondary N) is 3. The summed E-state index contributed by atoms with van der Waals surface area (Å²) in [5, 5.41) is 14.2. The molecule has 8 nitrogen and oxygen atoms in total. The molecule has 1 fully saturated rings. The van der Waals surface area contributed by atoms with Gasteiger partial charge in [-0.3, -0.25) is 9.59 Å². The van der Waals surface area contributed by atoms with Crippen LogP contribution in [0.15, 0.2) is 6.33 Å². The molecule has 108 valence electrons. The van der Waals surface area contributed by atoms with Crippen LogP contribution in [0.2, 0.25) is 0 Å². The maximum Gasteiger partial charge on any atom is 0.354 e. The summed E-state index contributed by atoms with van der Waals surface area (Å²) in [6, 6.07) is 0.333. The number of carbonyl (C=O) groups is 3. The molecule has 0 atom stereocenters. The Hall–Kier alpha value is -2.38. The zero-order valence-electron chi connectivity index (χ0n) is 10.8. The van der Waals surface area contributed by atoms with Crippen molar-refractivity contribution in [3.05, 3.63) is 17.7 Å². The van der Waals surface area contributed by atoms with Gasteiger partial charge in [0.2, 0.25) is 5.91 Å². The van der Waals surface area contributed by atoms with E-state index in [1.165, 1.54) is 0 Å². The number of amides is 2. The summed E-state index contributed by atoms with van der Waals surface area (Å²) in [5.41, 5.74) is -0.395. The van der Waals surface area contributed by atoms with Crippen molar-refractivity contribution in [2.24, 2.45) is 0 Å². The number of nitrogens with zero attached hydrogens (tertiary/aromatic N) is 1. The lowest BCUT2D eigenvalue weighted by Crippen LogP contribution is -2.29. The Morgan fingerprint density at radius 3 is 2.80 bits per heavy atom. The van der Waals surface area contributed by atoms with Crippen LogP contribution in [-0.2, 0) is 4.79 Å². The van der Waals surface area contributed by atoms with E-state index in [1.54, 1.807) is 0 Å². The zero-order chi connectivity index (χ0) is 14.5. The zero-order valence-corrected chi connectivity index (χ0v) is 10.8. The number of aromatic amines is 1. The fourth-order valence-corrected chi connectivity index (χ4v) is 1.69. The summed E-state index contributed by atoms with van der Waals surface area (Å²) >= 11 is 0. The van der Waals surface area contributed by atoms with Crippen molar-refractivity contribution in [2.45, 2.75) is 31.7 Å². The average Bonchev–Trinajstić information content (AvgIpc) is 3.06. The van der Waals surface area contributed by atoms with Crippen LogP contribution in [0.4, 0.5) is 0 Å². The fourth-order valence-electron chi connectivity index (χ4n) is 1.69. The predicted octanol–water partition coefficient (Wildman–Crippen LogP) is -0.103. The largest absolute Gasteiger partial charge is 0.477 e. The van der Waals surface area contributed by atoms with E-state index < -0.39 is 11.9 Å². The molecule has 0 bridgehead atoms. The second-order valence-electron chi connectivity index (χ2n) is 4.63. The molecule has 0 radical (unpaired) electrons. The number of imidazole rings is 1. The van der Waals surface area contributed by atoms with Crippen LogP contribution in [0.5, 0.6) is 0 Å². The predicted molar refractivity (Wildman–Crippen MR) is 68.3 cm³/mol. The minimum absolute atomic E-state index is 0.0206. The highest BCUT2D eigenvalue weighted by molar-refractivity contribution is 6.02. The van der Waals surface area contributed by atoms with E-state index in [0.29, 0.717) is 25.4 Å². The second kappa shape index (κ2) is 6.18. The first-order chi connectivity index (χ1) is 9.58. The number of aromatic nitrogens is 2. The molecule has 1 aliphatic carbocycles. The molecule has 4 N–H and O–H groups in total. The normalized spacial score (nSPS) is 13.8. The van der Waals surface area contributed by atoms with E-state index in [-0.39, 0.29) is 17.3 Å². The molecule has 0 aliphatic heterocycles. The van der Waals surface area contributed by atoms with Crippen LogP contribution >= 0.6 is 0 Å². The Kier molecular flexibility index (Phi) is 4.34. The van der Waals surface area contributed by atoms with Crippen molar-refractivity contribution in [1.29, 1.82) is 0 Å². The van der Waals surface area contributed by atoms with Crippen molar-refractivity contribution in [3.63, 3.8) is 0 Å². The summed E-state index contributed by atoms with van der Waals surface area (Å²) in [6.07, 6.45) is 4.07. The SMILES string of the molecule is O=C(CCCNC(=O)c1nc[nH]c1C(=O)O)NC1CC1. The van der Waals surface area contributed by atoms with Crippen LogP contribution in [0.3, 0.4) is 0 Å². The standard InChI is InChI=1S/C12H16N4O4/c17-8(16-7-3-4-7)2-1-5-13-11(18)9-10(12(19)20)15-6-14-9/h6-7H,1-5H2,(H,13,18)(H,14,15)(H,16,17)(H,19,20). The number of hydrogen-bond acceptors (Lipinski definition) is 4. The van der Waals surface area contributed by atoms with E-state index in [4.69, 9.17) is 5.11 Å². The average molecular weight is 280 g/mol. The van der Waals surface area contributed by atoms with Gasteiger partial charge < -0.3 is 20.7 Å². The summed E-state index contributed by atoms with van der Waals surface area (Å²) in [4.78, 5) is 40.0. The summed E-state index contributed by atoms with van der Waals surface area (Å²) in [6.45, 7) is 0.294. The van der Waals surface area contributed by atoms with Crippen molar-refractivity contribution < 1.29 is 19.5 Å². The van der Waals surface area contributed by atoms with Gasteiger partial charge in [-0.1, -0.05) is 0 Å². The lowest BCUT2D eigenvalue weighted by Gasteiger charge is -2.05. The monoisotopic (exact) mass is 280 g/mol. The van der Waals surface area contributed by atoms with Crippen molar-refractivity contribution in [3.8, 4) is 0 Å². The van der Waals surface area contributed by atoms with Crippen LogP contribution < -0.4 is 10.6 Å². The molecule has 0 saturated heterocycles. The Balaban J connectivity index is 1.70. The molecule has 0 aromatic carbocycles. The third-order valence-electron chi connectivity index (χ3n) is 2.88. The topological polar surface area (TPSA) is 124 Å². The van der Waals surface area contributed by atoms with E-state index >= 15 is 0 Å². The molecule has 2 amide bonds. The molecular weight excluding hydrogens is 264 g/mol. The first-order valence-electron chi connectivity index (χ1n) is 6.42. The van der Waals surface area contributed by atoms with Gasteiger partial charge in [0, 0.05) is 19.0 Å². The number of carboxylic acid groups (broad SMARTS) is 1. The molecule has 1 aromatic rings. The van der Waals surface area contributed by atoms with Crippen LogP contribution in [0, 0.1) is 0 Å². The van der Waals surface area contributed by atoms with Crippen molar-refractivity contribution in [2.75, 3.05) is 6.54 Å². The highest BCUT2D eigenvalue weighted by Crippen LogP contribution is 2.18. The number of H-pyrrole nitrogens is 1. The van der Waals surface area contributed by atoms with Crippen LogP contribution in [0.1, 0.15) is 46.7 Å². The molecule has 1 heterocycles. The molecule has 1 aliphatic rings. The van der Waals surface area contributed by atoms with Gasteiger partial charge in [0.15, 0.2) is 11.4 Å². The maximum atomic E-state index is 11.7. The van der Waals surface area contributed by atoms with Crippen LogP contribution in [0.25, 0.3) is 0 Å². The Bertz CT molecular complexity index is 521. The Labute approximate surface area is 115 Å². The highest BCUT2D eigenvalue weighted by atomic mass is 16.4. The third kappa shape index (κ3) is 3.81. The van der Waals surface area contributed by atoms with Gasteiger partial charge in [-0.05, 0) is 19.3 Å². The maximum absolute atomic E-state index is 11.7. The van der Waals surface area contributed by atoms with E-state index in [2.05, 4.69) is 20.6 Å². The summed E-state index contributed by atoms with van der Waals surface area (Å²) < 4.78 is 0. The minimum Gasteiger partial charge on any atom is -0.477 e. The first kappa shape index (κ1) is 14.0. The molecule has 8 heteroatoms. The molecule has 0 unspecified atom stereocenters. The number of carboxylic acids is 1. The molecule has 1 aromatic heterocycles. The number of rotatable bonds is 7. The second-order valence-corrected chi connectivity index (χ2v) is 4.63. The molecule has 20 heavy (non-hydrogen) atoms. The van der Waals surface area contributed by atoms with Crippen molar-refractivity contribution >= 4 is 17.8 Å².